The maximum Gasteiger partial charge on any atom is 0.0597 e. The first-order chi connectivity index (χ1) is 8.61. The summed E-state index contributed by atoms with van der Waals surface area (Å²) in [4.78, 5) is 0. The number of rotatable bonds is 4. The Morgan fingerprint density at radius 3 is 2.89 bits per heavy atom. The highest BCUT2D eigenvalue weighted by atomic mass is 15.3. The predicted molar refractivity (Wildman–Crippen MR) is 75.4 cm³/mol. The maximum atomic E-state index is 4.50. The van der Waals surface area contributed by atoms with Gasteiger partial charge in [0.25, 0.3) is 0 Å². The van der Waals surface area contributed by atoms with Crippen molar-refractivity contribution in [2.24, 2.45) is 11.8 Å². The molecule has 3 nitrogen and oxygen atoms in total. The molecule has 1 fully saturated rings. The van der Waals surface area contributed by atoms with Crippen LogP contribution in [0.5, 0.6) is 0 Å². The highest BCUT2D eigenvalue weighted by molar-refractivity contribution is 5.09. The molecule has 0 aliphatic heterocycles. The van der Waals surface area contributed by atoms with Crippen LogP contribution < -0.4 is 5.32 Å². The van der Waals surface area contributed by atoms with Crippen LogP contribution >= 0.6 is 0 Å². The Bertz CT molecular complexity index is 383. The zero-order valence-corrected chi connectivity index (χ0v) is 12.2. The minimum Gasteiger partial charge on any atom is -0.308 e. The van der Waals surface area contributed by atoms with Crippen molar-refractivity contribution in [2.75, 3.05) is 0 Å². The molecule has 1 aromatic heterocycles. The summed E-state index contributed by atoms with van der Waals surface area (Å²) in [6.07, 6.45) is 4.09. The molecule has 1 N–H and O–H groups in total. The lowest BCUT2D eigenvalue weighted by Crippen LogP contribution is -2.40. The normalized spacial score (nSPS) is 28.6. The van der Waals surface area contributed by atoms with E-state index >= 15 is 0 Å². The predicted octanol–water partition coefficient (Wildman–Crippen LogP) is 3.13. The number of aryl methyl sites for hydroxylation is 2. The molecule has 2 rings (SSSR count). The standard InChI is InChI=1S/C15H27N3/c1-5-18-14(9-12(3)17-18)10-16-15-8-6-7-11(2)13(15)4/h9,11,13,15-16H,5-8,10H2,1-4H3. The third kappa shape index (κ3) is 2.94. The van der Waals surface area contributed by atoms with Crippen LogP contribution in [0, 0.1) is 18.8 Å². The smallest absolute Gasteiger partial charge is 0.0597 e. The van der Waals surface area contributed by atoms with E-state index in [9.17, 15) is 0 Å². The Labute approximate surface area is 111 Å². The Balaban J connectivity index is 1.94. The molecule has 3 unspecified atom stereocenters. The number of hydrogen-bond donors (Lipinski definition) is 1. The summed E-state index contributed by atoms with van der Waals surface area (Å²) in [7, 11) is 0. The summed E-state index contributed by atoms with van der Waals surface area (Å²) in [6.45, 7) is 10.9. The zero-order chi connectivity index (χ0) is 13.1. The van der Waals surface area contributed by atoms with Crippen LogP contribution in [-0.2, 0) is 13.1 Å². The van der Waals surface area contributed by atoms with Crippen LogP contribution in [-0.4, -0.2) is 15.8 Å². The minimum atomic E-state index is 0.675. The van der Waals surface area contributed by atoms with Crippen molar-refractivity contribution in [3.63, 3.8) is 0 Å². The van der Waals surface area contributed by atoms with Gasteiger partial charge < -0.3 is 5.32 Å². The molecule has 3 heteroatoms. The van der Waals surface area contributed by atoms with Gasteiger partial charge in [-0.3, -0.25) is 4.68 Å². The Hall–Kier alpha value is -0.830. The molecule has 1 aliphatic rings. The summed E-state index contributed by atoms with van der Waals surface area (Å²) in [5, 5.41) is 8.25. The highest BCUT2D eigenvalue weighted by Gasteiger charge is 2.26. The quantitative estimate of drug-likeness (QED) is 0.888. The van der Waals surface area contributed by atoms with Gasteiger partial charge in [-0.05, 0) is 38.2 Å². The molecule has 1 heterocycles. The van der Waals surface area contributed by atoms with E-state index in [-0.39, 0.29) is 0 Å². The lowest BCUT2D eigenvalue weighted by atomic mass is 9.78. The molecular weight excluding hydrogens is 222 g/mol. The first-order valence-corrected chi connectivity index (χ1v) is 7.38. The fourth-order valence-electron chi connectivity index (χ4n) is 3.12. The molecule has 1 aromatic rings. The van der Waals surface area contributed by atoms with E-state index in [4.69, 9.17) is 0 Å². The van der Waals surface area contributed by atoms with E-state index in [0.717, 1.165) is 30.6 Å². The molecule has 102 valence electrons. The molecule has 1 saturated carbocycles. The van der Waals surface area contributed by atoms with Crippen LogP contribution in [0.15, 0.2) is 6.07 Å². The van der Waals surface area contributed by atoms with Crippen LogP contribution in [0.4, 0.5) is 0 Å². The van der Waals surface area contributed by atoms with E-state index < -0.39 is 0 Å². The van der Waals surface area contributed by atoms with Gasteiger partial charge in [0.1, 0.15) is 0 Å². The van der Waals surface area contributed by atoms with Crippen molar-refractivity contribution in [1.82, 2.24) is 15.1 Å². The van der Waals surface area contributed by atoms with Gasteiger partial charge in [-0.1, -0.05) is 26.7 Å². The molecule has 0 aromatic carbocycles. The third-order valence-electron chi connectivity index (χ3n) is 4.54. The second kappa shape index (κ2) is 5.87. The maximum absolute atomic E-state index is 4.50. The summed E-state index contributed by atoms with van der Waals surface area (Å²) < 4.78 is 2.11. The minimum absolute atomic E-state index is 0.675. The average Bonchev–Trinajstić information content (AvgIpc) is 2.71. The van der Waals surface area contributed by atoms with Gasteiger partial charge in [-0.2, -0.15) is 5.10 Å². The van der Waals surface area contributed by atoms with E-state index in [1.54, 1.807) is 0 Å². The van der Waals surface area contributed by atoms with Gasteiger partial charge in [-0.15, -0.1) is 0 Å². The molecule has 3 atom stereocenters. The average molecular weight is 249 g/mol. The fraction of sp³-hybridized carbons (Fsp3) is 0.800. The summed E-state index contributed by atoms with van der Waals surface area (Å²) in [6, 6.07) is 2.88. The lowest BCUT2D eigenvalue weighted by Gasteiger charge is -2.34. The van der Waals surface area contributed by atoms with Gasteiger partial charge >= 0.3 is 0 Å². The number of nitrogens with one attached hydrogen (secondary N) is 1. The topological polar surface area (TPSA) is 29.9 Å². The highest BCUT2D eigenvalue weighted by Crippen LogP contribution is 2.29. The van der Waals surface area contributed by atoms with Crippen LogP contribution in [0.1, 0.15) is 51.4 Å². The van der Waals surface area contributed by atoms with Crippen LogP contribution in [0.2, 0.25) is 0 Å². The van der Waals surface area contributed by atoms with Crippen molar-refractivity contribution in [2.45, 2.75) is 66.1 Å². The zero-order valence-electron chi connectivity index (χ0n) is 12.2. The van der Waals surface area contributed by atoms with Gasteiger partial charge in [0, 0.05) is 19.1 Å². The molecule has 0 spiro atoms. The molecule has 1 aliphatic carbocycles. The number of nitrogens with zero attached hydrogens (tertiary/aromatic N) is 2. The molecule has 0 radical (unpaired) electrons. The first-order valence-electron chi connectivity index (χ1n) is 7.38. The van der Waals surface area contributed by atoms with E-state index in [1.165, 1.54) is 25.0 Å². The third-order valence-corrected chi connectivity index (χ3v) is 4.54. The van der Waals surface area contributed by atoms with Crippen molar-refractivity contribution in [3.05, 3.63) is 17.5 Å². The van der Waals surface area contributed by atoms with Crippen LogP contribution in [0.3, 0.4) is 0 Å². The van der Waals surface area contributed by atoms with Gasteiger partial charge in [0.2, 0.25) is 0 Å². The molecule has 0 saturated heterocycles. The van der Waals surface area contributed by atoms with Gasteiger partial charge in [0.05, 0.1) is 11.4 Å². The van der Waals surface area contributed by atoms with E-state index in [0.29, 0.717) is 6.04 Å². The molecular formula is C15H27N3. The van der Waals surface area contributed by atoms with E-state index in [2.05, 4.69) is 48.9 Å². The second-order valence-electron chi connectivity index (χ2n) is 5.85. The van der Waals surface area contributed by atoms with Crippen molar-refractivity contribution < 1.29 is 0 Å². The Morgan fingerprint density at radius 1 is 1.39 bits per heavy atom. The first kappa shape index (κ1) is 13.6. The number of aromatic nitrogens is 2. The van der Waals surface area contributed by atoms with Crippen molar-refractivity contribution in [1.29, 1.82) is 0 Å². The summed E-state index contributed by atoms with van der Waals surface area (Å²) in [5.41, 5.74) is 2.44. The van der Waals surface area contributed by atoms with E-state index in [1.807, 2.05) is 0 Å². The van der Waals surface area contributed by atoms with Crippen LogP contribution in [0.25, 0.3) is 0 Å². The SMILES string of the molecule is CCn1nc(C)cc1CNC1CCCC(C)C1C. The summed E-state index contributed by atoms with van der Waals surface area (Å²) in [5.74, 6) is 1.65. The fourth-order valence-corrected chi connectivity index (χ4v) is 3.12. The largest absolute Gasteiger partial charge is 0.308 e. The monoisotopic (exact) mass is 249 g/mol. The molecule has 0 bridgehead atoms. The van der Waals surface area contributed by atoms with Crippen molar-refractivity contribution in [3.8, 4) is 0 Å². The summed E-state index contributed by atoms with van der Waals surface area (Å²) >= 11 is 0. The van der Waals surface area contributed by atoms with Crippen molar-refractivity contribution >= 4 is 0 Å². The van der Waals surface area contributed by atoms with Gasteiger partial charge in [0.15, 0.2) is 0 Å². The lowest BCUT2D eigenvalue weighted by molar-refractivity contribution is 0.205. The second-order valence-corrected chi connectivity index (χ2v) is 5.85. The molecule has 18 heavy (non-hydrogen) atoms. The number of hydrogen-bond acceptors (Lipinski definition) is 2. The Morgan fingerprint density at radius 2 is 2.17 bits per heavy atom. The van der Waals surface area contributed by atoms with Gasteiger partial charge in [-0.25, -0.2) is 0 Å². The molecule has 0 amide bonds. The Kier molecular flexibility index (Phi) is 4.44.